The van der Waals surface area contributed by atoms with Crippen molar-refractivity contribution in [1.82, 2.24) is 5.32 Å². The third-order valence-corrected chi connectivity index (χ3v) is 4.93. The molecule has 1 aliphatic heterocycles. The van der Waals surface area contributed by atoms with Gasteiger partial charge in [0.15, 0.2) is 0 Å². The lowest BCUT2D eigenvalue weighted by atomic mass is 9.75. The number of hydrogen-bond acceptors (Lipinski definition) is 3. The van der Waals surface area contributed by atoms with Crippen LogP contribution in [0, 0.1) is 5.92 Å². The monoisotopic (exact) mass is 275 g/mol. The molecule has 1 aliphatic carbocycles. The summed E-state index contributed by atoms with van der Waals surface area (Å²) >= 11 is 0. The standard InChI is InChI=1S/C17H25NO2/c1-12-14(7-8-20-12)11-18-16-9-15(10-16)13-3-5-17(19-2)6-4-13/h3-6,12,14-16,18H,7-11H2,1-2H3. The average Bonchev–Trinajstić information content (AvgIpc) is 2.83. The molecular formula is C17H25NO2. The molecule has 1 saturated carbocycles. The van der Waals surface area contributed by atoms with Crippen LogP contribution >= 0.6 is 0 Å². The molecule has 0 bridgehead atoms. The van der Waals surface area contributed by atoms with Crippen molar-refractivity contribution in [2.45, 2.75) is 44.2 Å². The predicted octanol–water partition coefficient (Wildman–Crippen LogP) is 2.96. The second-order valence-electron chi connectivity index (χ2n) is 6.17. The van der Waals surface area contributed by atoms with Gasteiger partial charge in [0.25, 0.3) is 0 Å². The average molecular weight is 275 g/mol. The second kappa shape index (κ2) is 6.15. The molecule has 0 amide bonds. The fourth-order valence-electron chi connectivity index (χ4n) is 3.29. The van der Waals surface area contributed by atoms with E-state index in [2.05, 4.69) is 36.5 Å². The predicted molar refractivity (Wildman–Crippen MR) is 80.3 cm³/mol. The summed E-state index contributed by atoms with van der Waals surface area (Å²) in [6, 6.07) is 9.22. The van der Waals surface area contributed by atoms with Crippen LogP contribution in [0.4, 0.5) is 0 Å². The third kappa shape index (κ3) is 2.99. The van der Waals surface area contributed by atoms with Gasteiger partial charge in [-0.1, -0.05) is 12.1 Å². The van der Waals surface area contributed by atoms with E-state index >= 15 is 0 Å². The highest BCUT2D eigenvalue weighted by Gasteiger charge is 2.31. The topological polar surface area (TPSA) is 30.5 Å². The van der Waals surface area contributed by atoms with Gasteiger partial charge in [-0.2, -0.15) is 0 Å². The first kappa shape index (κ1) is 13.9. The van der Waals surface area contributed by atoms with Crippen LogP contribution in [0.15, 0.2) is 24.3 Å². The molecule has 3 nitrogen and oxygen atoms in total. The van der Waals surface area contributed by atoms with Gasteiger partial charge in [-0.25, -0.2) is 0 Å². The Kier molecular flexibility index (Phi) is 4.27. The van der Waals surface area contributed by atoms with Crippen molar-refractivity contribution in [3.8, 4) is 5.75 Å². The van der Waals surface area contributed by atoms with Crippen LogP contribution < -0.4 is 10.1 Å². The van der Waals surface area contributed by atoms with E-state index in [1.165, 1.54) is 24.8 Å². The molecule has 2 atom stereocenters. The molecular weight excluding hydrogens is 250 g/mol. The minimum absolute atomic E-state index is 0.431. The van der Waals surface area contributed by atoms with Gasteiger partial charge in [-0.15, -0.1) is 0 Å². The molecule has 1 heterocycles. The lowest BCUT2D eigenvalue weighted by molar-refractivity contribution is 0.103. The number of rotatable bonds is 5. The van der Waals surface area contributed by atoms with Gasteiger partial charge in [0.2, 0.25) is 0 Å². The summed E-state index contributed by atoms with van der Waals surface area (Å²) in [5.74, 6) is 2.36. The van der Waals surface area contributed by atoms with Crippen LogP contribution in [-0.2, 0) is 4.74 Å². The van der Waals surface area contributed by atoms with Gasteiger partial charge in [0.1, 0.15) is 5.75 Å². The highest BCUT2D eigenvalue weighted by molar-refractivity contribution is 5.30. The molecule has 0 spiro atoms. The Morgan fingerprint density at radius 1 is 1.25 bits per heavy atom. The molecule has 0 radical (unpaired) electrons. The van der Waals surface area contributed by atoms with E-state index in [0.717, 1.165) is 24.8 Å². The lowest BCUT2D eigenvalue weighted by Crippen LogP contribution is -2.43. The van der Waals surface area contributed by atoms with E-state index in [1.807, 2.05) is 0 Å². The van der Waals surface area contributed by atoms with Crippen LogP contribution in [0.1, 0.15) is 37.7 Å². The molecule has 2 fully saturated rings. The normalized spacial score (nSPS) is 32.9. The smallest absolute Gasteiger partial charge is 0.118 e. The van der Waals surface area contributed by atoms with Gasteiger partial charge in [-0.05, 0) is 55.7 Å². The van der Waals surface area contributed by atoms with Crippen LogP contribution in [0.2, 0.25) is 0 Å². The summed E-state index contributed by atoms with van der Waals surface area (Å²) in [4.78, 5) is 0. The van der Waals surface area contributed by atoms with Crippen LogP contribution in [0.25, 0.3) is 0 Å². The molecule has 3 heteroatoms. The summed E-state index contributed by atoms with van der Waals surface area (Å²) in [5.41, 5.74) is 1.45. The van der Waals surface area contributed by atoms with Gasteiger partial charge in [0.05, 0.1) is 13.2 Å². The largest absolute Gasteiger partial charge is 0.497 e. The zero-order valence-electron chi connectivity index (χ0n) is 12.5. The van der Waals surface area contributed by atoms with Gasteiger partial charge < -0.3 is 14.8 Å². The van der Waals surface area contributed by atoms with E-state index in [1.54, 1.807) is 7.11 Å². The molecule has 1 saturated heterocycles. The van der Waals surface area contributed by atoms with Gasteiger partial charge in [0, 0.05) is 19.2 Å². The molecule has 1 aromatic carbocycles. The summed E-state index contributed by atoms with van der Waals surface area (Å²) in [5, 5.41) is 3.71. The number of methoxy groups -OCH3 is 1. The van der Waals surface area contributed by atoms with Crippen molar-refractivity contribution in [3.63, 3.8) is 0 Å². The summed E-state index contributed by atoms with van der Waals surface area (Å²) in [7, 11) is 1.71. The molecule has 0 aromatic heterocycles. The highest BCUT2D eigenvalue weighted by Crippen LogP contribution is 2.37. The Balaban J connectivity index is 1.41. The maximum Gasteiger partial charge on any atom is 0.118 e. The van der Waals surface area contributed by atoms with Crippen LogP contribution in [0.3, 0.4) is 0 Å². The molecule has 110 valence electrons. The van der Waals surface area contributed by atoms with E-state index in [4.69, 9.17) is 9.47 Å². The summed E-state index contributed by atoms with van der Waals surface area (Å²) in [6.07, 6.45) is 4.16. The minimum atomic E-state index is 0.431. The van der Waals surface area contributed by atoms with E-state index in [-0.39, 0.29) is 0 Å². The van der Waals surface area contributed by atoms with E-state index in [9.17, 15) is 0 Å². The second-order valence-corrected chi connectivity index (χ2v) is 6.17. The molecule has 1 N–H and O–H groups in total. The molecule has 2 unspecified atom stereocenters. The number of ether oxygens (including phenoxy) is 2. The quantitative estimate of drug-likeness (QED) is 0.896. The van der Waals surface area contributed by atoms with Crippen molar-refractivity contribution >= 4 is 0 Å². The van der Waals surface area contributed by atoms with Gasteiger partial charge >= 0.3 is 0 Å². The maximum atomic E-state index is 5.61. The lowest BCUT2D eigenvalue weighted by Gasteiger charge is -2.37. The van der Waals surface area contributed by atoms with Gasteiger partial charge in [-0.3, -0.25) is 0 Å². The molecule has 20 heavy (non-hydrogen) atoms. The Hall–Kier alpha value is -1.06. The molecule has 1 aromatic rings. The minimum Gasteiger partial charge on any atom is -0.497 e. The Bertz CT molecular complexity index is 425. The first-order valence-electron chi connectivity index (χ1n) is 7.75. The van der Waals surface area contributed by atoms with E-state index in [0.29, 0.717) is 18.1 Å². The first-order chi connectivity index (χ1) is 9.76. The Morgan fingerprint density at radius 2 is 2.00 bits per heavy atom. The Labute approximate surface area is 121 Å². The van der Waals surface area contributed by atoms with Crippen LogP contribution in [-0.4, -0.2) is 32.4 Å². The fourth-order valence-corrected chi connectivity index (χ4v) is 3.29. The first-order valence-corrected chi connectivity index (χ1v) is 7.75. The van der Waals surface area contributed by atoms with Crippen molar-refractivity contribution < 1.29 is 9.47 Å². The fraction of sp³-hybridized carbons (Fsp3) is 0.647. The van der Waals surface area contributed by atoms with Crippen LogP contribution in [0.5, 0.6) is 5.75 Å². The molecule has 3 rings (SSSR count). The van der Waals surface area contributed by atoms with Crippen molar-refractivity contribution in [3.05, 3.63) is 29.8 Å². The zero-order valence-corrected chi connectivity index (χ0v) is 12.5. The molecule has 2 aliphatic rings. The number of benzene rings is 1. The third-order valence-electron chi connectivity index (χ3n) is 4.93. The highest BCUT2D eigenvalue weighted by atomic mass is 16.5. The van der Waals surface area contributed by atoms with Crippen molar-refractivity contribution in [2.24, 2.45) is 5.92 Å². The zero-order chi connectivity index (χ0) is 13.9. The summed E-state index contributed by atoms with van der Waals surface area (Å²) < 4.78 is 10.8. The SMILES string of the molecule is COc1ccc(C2CC(NCC3CCOC3C)C2)cc1. The van der Waals surface area contributed by atoms with E-state index < -0.39 is 0 Å². The van der Waals surface area contributed by atoms with Crippen molar-refractivity contribution in [2.75, 3.05) is 20.3 Å². The number of hydrogen-bond donors (Lipinski definition) is 1. The van der Waals surface area contributed by atoms with Crippen molar-refractivity contribution in [1.29, 1.82) is 0 Å². The Morgan fingerprint density at radius 3 is 2.60 bits per heavy atom. The maximum absolute atomic E-state index is 5.61. The number of nitrogens with one attached hydrogen (secondary N) is 1. The summed E-state index contributed by atoms with van der Waals surface area (Å²) in [6.45, 7) is 4.24.